The van der Waals surface area contributed by atoms with Crippen LogP contribution >= 0.6 is 0 Å². The summed E-state index contributed by atoms with van der Waals surface area (Å²) in [6.07, 6.45) is 0. The van der Waals surface area contributed by atoms with E-state index >= 15 is 0 Å². The van der Waals surface area contributed by atoms with Crippen molar-refractivity contribution in [3.63, 3.8) is 0 Å². The number of esters is 1. The van der Waals surface area contributed by atoms with Crippen LogP contribution in [-0.2, 0) is 4.74 Å². The molecule has 0 radical (unpaired) electrons. The highest BCUT2D eigenvalue weighted by atomic mass is 19.1. The van der Waals surface area contributed by atoms with Crippen molar-refractivity contribution in [2.75, 3.05) is 12.8 Å². The molecule has 0 amide bonds. The number of anilines is 1. The third-order valence-electron chi connectivity index (χ3n) is 2.63. The van der Waals surface area contributed by atoms with Crippen molar-refractivity contribution in [1.29, 1.82) is 0 Å². The van der Waals surface area contributed by atoms with Gasteiger partial charge in [-0.3, -0.25) is 0 Å². The first-order valence-corrected chi connectivity index (χ1v) is 5.36. The van der Waals surface area contributed by atoms with E-state index in [1.807, 2.05) is 0 Å². The van der Waals surface area contributed by atoms with E-state index in [0.29, 0.717) is 16.8 Å². The molecule has 0 aromatic heterocycles. The van der Waals surface area contributed by atoms with Crippen molar-refractivity contribution >= 4 is 11.7 Å². The lowest BCUT2D eigenvalue weighted by molar-refractivity contribution is 0.0595. The van der Waals surface area contributed by atoms with E-state index in [1.165, 1.54) is 13.2 Å². The number of carbonyl (C=O) groups excluding carboxylic acids is 1. The molecule has 18 heavy (non-hydrogen) atoms. The average molecular weight is 245 g/mol. The molecule has 92 valence electrons. The van der Waals surface area contributed by atoms with Gasteiger partial charge in [0.25, 0.3) is 0 Å². The lowest BCUT2D eigenvalue weighted by Gasteiger charge is -2.07. The van der Waals surface area contributed by atoms with Gasteiger partial charge in [-0.25, -0.2) is 9.18 Å². The molecular formula is C14H12FNO2. The van der Waals surface area contributed by atoms with Crippen LogP contribution in [0.2, 0.25) is 0 Å². The molecule has 0 spiro atoms. The second kappa shape index (κ2) is 4.87. The van der Waals surface area contributed by atoms with Crippen LogP contribution in [0.15, 0.2) is 42.5 Å². The molecule has 0 saturated heterocycles. The van der Waals surface area contributed by atoms with Gasteiger partial charge in [0.2, 0.25) is 0 Å². The van der Waals surface area contributed by atoms with E-state index in [1.54, 1.807) is 36.4 Å². The number of ether oxygens (including phenoxy) is 1. The van der Waals surface area contributed by atoms with Gasteiger partial charge in [-0.15, -0.1) is 0 Å². The lowest BCUT2D eigenvalue weighted by atomic mass is 10.0. The Morgan fingerprint density at radius 2 is 1.83 bits per heavy atom. The molecule has 0 atom stereocenters. The summed E-state index contributed by atoms with van der Waals surface area (Å²) in [7, 11) is 1.22. The average Bonchev–Trinajstić information content (AvgIpc) is 2.39. The zero-order chi connectivity index (χ0) is 13.1. The molecule has 0 heterocycles. The molecule has 2 N–H and O–H groups in total. The topological polar surface area (TPSA) is 52.3 Å². The van der Waals surface area contributed by atoms with Crippen molar-refractivity contribution in [2.24, 2.45) is 0 Å². The number of hydrogen-bond donors (Lipinski definition) is 1. The van der Waals surface area contributed by atoms with Gasteiger partial charge >= 0.3 is 5.97 Å². The van der Waals surface area contributed by atoms with Crippen molar-refractivity contribution in [2.45, 2.75) is 0 Å². The lowest BCUT2D eigenvalue weighted by Crippen LogP contribution is -2.05. The van der Waals surface area contributed by atoms with E-state index in [2.05, 4.69) is 4.74 Å². The fraction of sp³-hybridized carbons (Fsp3) is 0.0714. The highest BCUT2D eigenvalue weighted by Crippen LogP contribution is 2.26. The van der Waals surface area contributed by atoms with Crippen LogP contribution in [0.4, 0.5) is 10.1 Å². The number of benzene rings is 2. The second-order valence-electron chi connectivity index (χ2n) is 3.78. The summed E-state index contributed by atoms with van der Waals surface area (Å²) < 4.78 is 18.7. The Labute approximate surface area is 104 Å². The van der Waals surface area contributed by atoms with Crippen LogP contribution < -0.4 is 5.73 Å². The van der Waals surface area contributed by atoms with Crippen LogP contribution in [0.5, 0.6) is 0 Å². The van der Waals surface area contributed by atoms with E-state index in [9.17, 15) is 9.18 Å². The smallest absolute Gasteiger partial charge is 0.340 e. The van der Waals surface area contributed by atoms with Crippen molar-refractivity contribution in [3.8, 4) is 11.1 Å². The SMILES string of the molecule is COC(=O)c1cccc(-c2ccc(N)cc2)c1F. The Balaban J connectivity index is 2.52. The fourth-order valence-corrected chi connectivity index (χ4v) is 1.69. The third kappa shape index (κ3) is 2.18. The van der Waals surface area contributed by atoms with E-state index in [0.717, 1.165) is 0 Å². The van der Waals surface area contributed by atoms with Crippen LogP contribution in [-0.4, -0.2) is 13.1 Å². The largest absolute Gasteiger partial charge is 0.465 e. The Kier molecular flexibility index (Phi) is 3.28. The summed E-state index contributed by atoms with van der Waals surface area (Å²) in [6.45, 7) is 0. The molecule has 0 unspecified atom stereocenters. The number of carbonyl (C=O) groups is 1. The molecule has 4 heteroatoms. The minimum atomic E-state index is -0.690. The van der Waals surface area contributed by atoms with Crippen molar-refractivity contribution < 1.29 is 13.9 Å². The molecular weight excluding hydrogens is 233 g/mol. The van der Waals surface area contributed by atoms with Crippen LogP contribution in [0.25, 0.3) is 11.1 Å². The minimum Gasteiger partial charge on any atom is -0.465 e. The highest BCUT2D eigenvalue weighted by molar-refractivity contribution is 5.91. The van der Waals surface area contributed by atoms with Gasteiger partial charge in [0.1, 0.15) is 5.82 Å². The van der Waals surface area contributed by atoms with E-state index in [4.69, 9.17) is 5.73 Å². The highest BCUT2D eigenvalue weighted by Gasteiger charge is 2.15. The van der Waals surface area contributed by atoms with Gasteiger partial charge in [-0.2, -0.15) is 0 Å². The summed E-state index contributed by atoms with van der Waals surface area (Å²) in [6, 6.07) is 11.4. The maximum Gasteiger partial charge on any atom is 0.340 e. The molecule has 3 nitrogen and oxygen atoms in total. The normalized spacial score (nSPS) is 10.1. The number of nitrogens with two attached hydrogens (primary N) is 1. The Bertz CT molecular complexity index is 579. The number of hydrogen-bond acceptors (Lipinski definition) is 3. The molecule has 2 aromatic carbocycles. The quantitative estimate of drug-likeness (QED) is 0.653. The number of rotatable bonds is 2. The van der Waals surface area contributed by atoms with Gasteiger partial charge in [-0.05, 0) is 23.8 Å². The zero-order valence-electron chi connectivity index (χ0n) is 9.81. The first kappa shape index (κ1) is 12.1. The predicted molar refractivity (Wildman–Crippen MR) is 67.6 cm³/mol. The standard InChI is InChI=1S/C14H12FNO2/c1-18-14(17)12-4-2-3-11(13(12)15)9-5-7-10(16)8-6-9/h2-8H,16H2,1H3. The van der Waals surface area contributed by atoms with Gasteiger partial charge in [-0.1, -0.05) is 24.3 Å². The first-order chi connectivity index (χ1) is 8.63. The minimum absolute atomic E-state index is 0.0770. The van der Waals surface area contributed by atoms with Crippen LogP contribution in [0.1, 0.15) is 10.4 Å². The van der Waals surface area contributed by atoms with Gasteiger partial charge in [0, 0.05) is 11.3 Å². The van der Waals surface area contributed by atoms with Crippen molar-refractivity contribution in [1.82, 2.24) is 0 Å². The Hall–Kier alpha value is -2.36. The zero-order valence-corrected chi connectivity index (χ0v) is 9.81. The number of nitrogen functional groups attached to an aromatic ring is 1. The molecule has 2 rings (SSSR count). The second-order valence-corrected chi connectivity index (χ2v) is 3.78. The summed E-state index contributed by atoms with van der Waals surface area (Å²) in [5.74, 6) is -1.28. The number of halogens is 1. The molecule has 0 aliphatic heterocycles. The van der Waals surface area contributed by atoms with Gasteiger partial charge in [0.05, 0.1) is 12.7 Å². The van der Waals surface area contributed by atoms with E-state index in [-0.39, 0.29) is 5.56 Å². The monoisotopic (exact) mass is 245 g/mol. The molecule has 0 saturated carbocycles. The molecule has 0 aliphatic rings. The van der Waals surface area contributed by atoms with Crippen molar-refractivity contribution in [3.05, 3.63) is 53.8 Å². The third-order valence-corrected chi connectivity index (χ3v) is 2.63. The Morgan fingerprint density at radius 3 is 2.44 bits per heavy atom. The maximum absolute atomic E-state index is 14.2. The molecule has 0 bridgehead atoms. The van der Waals surface area contributed by atoms with E-state index < -0.39 is 11.8 Å². The molecule has 0 aliphatic carbocycles. The predicted octanol–water partition coefficient (Wildman–Crippen LogP) is 2.86. The van der Waals surface area contributed by atoms with Crippen LogP contribution in [0, 0.1) is 5.82 Å². The summed E-state index contributed by atoms with van der Waals surface area (Å²) in [5, 5.41) is 0. The van der Waals surface area contributed by atoms with Gasteiger partial charge in [0.15, 0.2) is 0 Å². The summed E-state index contributed by atoms with van der Waals surface area (Å²) in [5.41, 5.74) is 7.10. The molecule has 2 aromatic rings. The van der Waals surface area contributed by atoms with Crippen LogP contribution in [0.3, 0.4) is 0 Å². The summed E-state index contributed by atoms with van der Waals surface area (Å²) >= 11 is 0. The number of methoxy groups -OCH3 is 1. The molecule has 0 fully saturated rings. The maximum atomic E-state index is 14.2. The van der Waals surface area contributed by atoms with Gasteiger partial charge < -0.3 is 10.5 Å². The Morgan fingerprint density at radius 1 is 1.17 bits per heavy atom. The summed E-state index contributed by atoms with van der Waals surface area (Å²) in [4.78, 5) is 11.4. The first-order valence-electron chi connectivity index (χ1n) is 5.36. The fourth-order valence-electron chi connectivity index (χ4n) is 1.69.